The zero-order valence-corrected chi connectivity index (χ0v) is 13.4. The van der Waals surface area contributed by atoms with Gasteiger partial charge in [0.1, 0.15) is 17.3 Å². The molecule has 1 aromatic carbocycles. The van der Waals surface area contributed by atoms with Gasteiger partial charge in [-0.05, 0) is 59.0 Å². The van der Waals surface area contributed by atoms with Crippen molar-refractivity contribution in [1.29, 1.82) is 0 Å². The minimum atomic E-state index is -0.358. The average Bonchev–Trinajstić information content (AvgIpc) is 2.91. The SMILES string of the molecule is COc1ccc(OCC(=O)NN=Cc2ccc(I)o2)cc1. The van der Waals surface area contributed by atoms with Gasteiger partial charge >= 0.3 is 0 Å². The van der Waals surface area contributed by atoms with Crippen molar-refractivity contribution in [2.24, 2.45) is 5.10 Å². The fourth-order valence-electron chi connectivity index (χ4n) is 1.42. The van der Waals surface area contributed by atoms with Crippen molar-refractivity contribution in [3.05, 3.63) is 45.9 Å². The fourth-order valence-corrected chi connectivity index (χ4v) is 1.85. The minimum Gasteiger partial charge on any atom is -0.497 e. The van der Waals surface area contributed by atoms with Crippen molar-refractivity contribution in [3.63, 3.8) is 0 Å². The van der Waals surface area contributed by atoms with E-state index in [9.17, 15) is 4.79 Å². The molecular weight excluding hydrogens is 387 g/mol. The molecule has 0 aliphatic carbocycles. The van der Waals surface area contributed by atoms with E-state index in [1.54, 1.807) is 43.5 Å². The smallest absolute Gasteiger partial charge is 0.277 e. The first-order chi connectivity index (χ1) is 10.2. The number of hydrazone groups is 1. The number of hydrogen-bond acceptors (Lipinski definition) is 5. The molecule has 110 valence electrons. The summed E-state index contributed by atoms with van der Waals surface area (Å²) >= 11 is 2.05. The van der Waals surface area contributed by atoms with Crippen molar-refractivity contribution in [3.8, 4) is 11.5 Å². The Labute approximate surface area is 135 Å². The number of carbonyl (C=O) groups is 1. The highest BCUT2D eigenvalue weighted by Gasteiger charge is 2.02. The molecule has 1 aromatic heterocycles. The van der Waals surface area contributed by atoms with E-state index in [-0.39, 0.29) is 12.5 Å². The summed E-state index contributed by atoms with van der Waals surface area (Å²) in [5.41, 5.74) is 2.35. The Morgan fingerprint density at radius 3 is 2.62 bits per heavy atom. The van der Waals surface area contributed by atoms with Crippen LogP contribution in [0.15, 0.2) is 45.9 Å². The second-order valence-electron chi connectivity index (χ2n) is 3.90. The van der Waals surface area contributed by atoms with Crippen LogP contribution in [-0.4, -0.2) is 25.8 Å². The largest absolute Gasteiger partial charge is 0.497 e. The lowest BCUT2D eigenvalue weighted by Gasteiger charge is -2.05. The van der Waals surface area contributed by atoms with Crippen LogP contribution in [0.4, 0.5) is 0 Å². The number of carbonyl (C=O) groups excluding carboxylic acids is 1. The summed E-state index contributed by atoms with van der Waals surface area (Å²) in [7, 11) is 1.58. The molecule has 0 saturated carbocycles. The minimum absolute atomic E-state index is 0.126. The highest BCUT2D eigenvalue weighted by atomic mass is 127. The van der Waals surface area contributed by atoms with E-state index in [2.05, 4.69) is 10.5 Å². The number of halogens is 1. The van der Waals surface area contributed by atoms with E-state index >= 15 is 0 Å². The predicted octanol–water partition coefficient (Wildman–Crippen LogP) is 2.42. The first-order valence-corrected chi connectivity index (χ1v) is 7.09. The summed E-state index contributed by atoms with van der Waals surface area (Å²) in [6.07, 6.45) is 1.42. The van der Waals surface area contributed by atoms with Gasteiger partial charge in [0.15, 0.2) is 10.4 Å². The van der Waals surface area contributed by atoms with Gasteiger partial charge < -0.3 is 13.9 Å². The molecule has 0 aliphatic heterocycles. The molecule has 2 aromatic rings. The molecule has 6 nitrogen and oxygen atoms in total. The van der Waals surface area contributed by atoms with Crippen LogP contribution in [0.1, 0.15) is 5.76 Å². The van der Waals surface area contributed by atoms with Crippen molar-refractivity contribution in [1.82, 2.24) is 5.43 Å². The number of nitrogens with zero attached hydrogens (tertiary/aromatic N) is 1. The highest BCUT2D eigenvalue weighted by molar-refractivity contribution is 14.1. The Bertz CT molecular complexity index is 622. The average molecular weight is 400 g/mol. The number of hydrogen-bond donors (Lipinski definition) is 1. The van der Waals surface area contributed by atoms with Crippen LogP contribution in [0.25, 0.3) is 0 Å². The fraction of sp³-hybridized carbons (Fsp3) is 0.143. The second kappa shape index (κ2) is 7.67. The number of amides is 1. The molecule has 1 heterocycles. The number of furan rings is 1. The van der Waals surface area contributed by atoms with Crippen LogP contribution in [0, 0.1) is 3.77 Å². The zero-order valence-electron chi connectivity index (χ0n) is 11.2. The van der Waals surface area contributed by atoms with Gasteiger partial charge in [-0.15, -0.1) is 0 Å². The monoisotopic (exact) mass is 400 g/mol. The van der Waals surface area contributed by atoms with Crippen LogP contribution >= 0.6 is 22.6 Å². The maximum absolute atomic E-state index is 11.5. The lowest BCUT2D eigenvalue weighted by molar-refractivity contribution is -0.123. The van der Waals surface area contributed by atoms with Crippen molar-refractivity contribution >= 4 is 34.7 Å². The summed E-state index contributed by atoms with van der Waals surface area (Å²) in [5.74, 6) is 1.51. The lowest BCUT2D eigenvalue weighted by atomic mass is 10.3. The van der Waals surface area contributed by atoms with Gasteiger partial charge in [0, 0.05) is 0 Å². The molecule has 2 rings (SSSR count). The van der Waals surface area contributed by atoms with Gasteiger partial charge in [-0.3, -0.25) is 4.79 Å². The Morgan fingerprint density at radius 2 is 2.00 bits per heavy atom. The van der Waals surface area contributed by atoms with Gasteiger partial charge in [-0.2, -0.15) is 5.10 Å². The molecule has 0 radical (unpaired) electrons. The summed E-state index contributed by atoms with van der Waals surface area (Å²) < 4.78 is 16.3. The summed E-state index contributed by atoms with van der Waals surface area (Å²) in [4.78, 5) is 11.5. The molecular formula is C14H13IN2O4. The highest BCUT2D eigenvalue weighted by Crippen LogP contribution is 2.16. The van der Waals surface area contributed by atoms with E-state index in [0.29, 0.717) is 11.5 Å². The Kier molecular flexibility index (Phi) is 5.61. The standard InChI is InChI=1S/C14H13IN2O4/c1-19-10-2-4-11(5-3-10)20-9-14(18)17-16-8-12-6-7-13(15)21-12/h2-8H,9H2,1H3,(H,17,18). The normalized spacial score (nSPS) is 10.6. The van der Waals surface area contributed by atoms with E-state index < -0.39 is 0 Å². The van der Waals surface area contributed by atoms with Crippen LogP contribution in [0.2, 0.25) is 0 Å². The topological polar surface area (TPSA) is 73.1 Å². The molecule has 1 amide bonds. The molecule has 0 atom stereocenters. The molecule has 0 unspecified atom stereocenters. The van der Waals surface area contributed by atoms with Crippen molar-refractivity contribution in [2.75, 3.05) is 13.7 Å². The quantitative estimate of drug-likeness (QED) is 0.459. The number of rotatable bonds is 6. The molecule has 0 aliphatic rings. The van der Waals surface area contributed by atoms with E-state index in [1.165, 1.54) is 6.21 Å². The third-order valence-electron chi connectivity index (χ3n) is 2.40. The van der Waals surface area contributed by atoms with Gasteiger partial charge in [0.25, 0.3) is 5.91 Å². The van der Waals surface area contributed by atoms with Gasteiger partial charge in [-0.25, -0.2) is 5.43 Å². The lowest BCUT2D eigenvalue weighted by Crippen LogP contribution is -2.24. The van der Waals surface area contributed by atoms with Crippen molar-refractivity contribution in [2.45, 2.75) is 0 Å². The van der Waals surface area contributed by atoms with Gasteiger partial charge in [-0.1, -0.05) is 0 Å². The molecule has 0 saturated heterocycles. The van der Waals surface area contributed by atoms with Crippen LogP contribution < -0.4 is 14.9 Å². The summed E-state index contributed by atoms with van der Waals surface area (Å²) in [5, 5.41) is 3.77. The van der Waals surface area contributed by atoms with Crippen LogP contribution in [0.3, 0.4) is 0 Å². The summed E-state index contributed by atoms with van der Waals surface area (Å²) in [6, 6.07) is 10.5. The third kappa shape index (κ3) is 5.10. The Hall–Kier alpha value is -2.03. The van der Waals surface area contributed by atoms with Crippen molar-refractivity contribution < 1.29 is 18.7 Å². The number of methoxy groups -OCH3 is 1. The molecule has 7 heteroatoms. The maximum atomic E-state index is 11.5. The van der Waals surface area contributed by atoms with E-state index in [4.69, 9.17) is 13.9 Å². The van der Waals surface area contributed by atoms with Gasteiger partial charge in [0.2, 0.25) is 0 Å². The van der Waals surface area contributed by atoms with Gasteiger partial charge in [0.05, 0.1) is 13.3 Å². The molecule has 0 fully saturated rings. The second-order valence-corrected chi connectivity index (χ2v) is 4.96. The van der Waals surface area contributed by atoms with E-state index in [0.717, 1.165) is 9.52 Å². The third-order valence-corrected chi connectivity index (χ3v) is 2.98. The molecule has 21 heavy (non-hydrogen) atoms. The molecule has 0 spiro atoms. The summed E-state index contributed by atoms with van der Waals surface area (Å²) in [6.45, 7) is -0.126. The first kappa shape index (κ1) is 15.4. The molecule has 0 bridgehead atoms. The zero-order chi connectivity index (χ0) is 15.1. The first-order valence-electron chi connectivity index (χ1n) is 6.01. The Balaban J connectivity index is 1.75. The van der Waals surface area contributed by atoms with Crippen LogP contribution in [0.5, 0.6) is 11.5 Å². The number of ether oxygens (including phenoxy) is 2. The molecule has 1 N–H and O–H groups in total. The van der Waals surface area contributed by atoms with Crippen LogP contribution in [-0.2, 0) is 4.79 Å². The van der Waals surface area contributed by atoms with E-state index in [1.807, 2.05) is 22.6 Å². The number of benzene rings is 1. The maximum Gasteiger partial charge on any atom is 0.277 e. The Morgan fingerprint density at radius 1 is 1.29 bits per heavy atom. The number of nitrogens with one attached hydrogen (secondary N) is 1. The predicted molar refractivity (Wildman–Crippen MR) is 85.7 cm³/mol.